The molecule has 0 atom stereocenters. The molecule has 3 rings (SSSR count). The summed E-state index contributed by atoms with van der Waals surface area (Å²) in [5.74, 6) is -0.719. The van der Waals surface area contributed by atoms with E-state index in [1.165, 1.54) is 78.9 Å². The molecule has 9 nitrogen and oxygen atoms in total. The summed E-state index contributed by atoms with van der Waals surface area (Å²) in [6, 6.07) is 17.7. The Morgan fingerprint density at radius 2 is 1.42 bits per heavy atom. The highest BCUT2D eigenvalue weighted by molar-refractivity contribution is 5.91. The van der Waals surface area contributed by atoms with Crippen LogP contribution in [0.5, 0.6) is 11.5 Å². The van der Waals surface area contributed by atoms with Gasteiger partial charge in [-0.3, -0.25) is 0 Å². The molecule has 43 heavy (non-hydrogen) atoms. The molecule has 0 bridgehead atoms. The van der Waals surface area contributed by atoms with Crippen molar-refractivity contribution in [2.24, 2.45) is 0 Å². The Bertz CT molecular complexity index is 1400. The van der Waals surface area contributed by atoms with E-state index in [1.54, 1.807) is 0 Å². The van der Waals surface area contributed by atoms with Gasteiger partial charge in [0.1, 0.15) is 11.5 Å². The van der Waals surface area contributed by atoms with E-state index in [9.17, 15) is 18.4 Å². The summed E-state index contributed by atoms with van der Waals surface area (Å²) < 4.78 is 50.0. The average molecular weight is 594 g/mol. The second-order valence-electron chi connectivity index (χ2n) is 9.41. The number of esters is 2. The number of alkyl halides is 2. The number of nitriles is 1. The highest BCUT2D eigenvalue weighted by Crippen LogP contribution is 2.32. The zero-order chi connectivity index (χ0) is 31.1. The van der Waals surface area contributed by atoms with Crippen LogP contribution in [-0.2, 0) is 20.4 Å². The van der Waals surface area contributed by atoms with E-state index in [0.717, 1.165) is 0 Å². The standard InChI is InChI=1S/C32H33F2N3O6/c33-32(34,25-9-13-28(14-10-25)40-17-3-1-2-16-35)43-29-11-6-23(7-12-29)8-15-30(38)41-18-4-5-19-42-31(39)24-20-26(36)22-27(37)21-24/h6-15,20-22H,1-5,17-19,36-37H2/b15-8+. The van der Waals surface area contributed by atoms with Gasteiger partial charge in [-0.15, -0.1) is 0 Å². The summed E-state index contributed by atoms with van der Waals surface area (Å²) in [6.45, 7) is 0.663. The van der Waals surface area contributed by atoms with Crippen LogP contribution in [0.4, 0.5) is 20.2 Å². The average Bonchev–Trinajstić information content (AvgIpc) is 2.98. The molecule has 0 amide bonds. The highest BCUT2D eigenvalue weighted by atomic mass is 19.3. The predicted molar refractivity (Wildman–Crippen MR) is 157 cm³/mol. The van der Waals surface area contributed by atoms with Gasteiger partial charge in [-0.25, -0.2) is 9.59 Å². The van der Waals surface area contributed by atoms with Gasteiger partial charge in [-0.05, 0) is 91.9 Å². The van der Waals surface area contributed by atoms with Crippen LogP contribution in [0, 0.1) is 11.3 Å². The Labute approximate surface area is 248 Å². The Morgan fingerprint density at radius 3 is 2.07 bits per heavy atom. The number of carbonyl (C=O) groups is 2. The Morgan fingerprint density at radius 1 is 0.814 bits per heavy atom. The summed E-state index contributed by atoms with van der Waals surface area (Å²) in [5, 5.41) is 8.53. The number of rotatable bonds is 16. The molecule has 11 heteroatoms. The quantitative estimate of drug-likeness (QED) is 0.0852. The lowest BCUT2D eigenvalue weighted by molar-refractivity contribution is -0.185. The van der Waals surface area contributed by atoms with E-state index in [2.05, 4.69) is 6.07 Å². The van der Waals surface area contributed by atoms with E-state index in [-0.39, 0.29) is 30.1 Å². The molecule has 0 aliphatic carbocycles. The van der Waals surface area contributed by atoms with Crippen molar-refractivity contribution in [3.8, 4) is 17.6 Å². The van der Waals surface area contributed by atoms with Crippen LogP contribution in [0.2, 0.25) is 0 Å². The number of halogens is 2. The molecule has 3 aromatic carbocycles. The molecule has 4 N–H and O–H groups in total. The number of nitrogens with zero attached hydrogens (tertiary/aromatic N) is 1. The minimum Gasteiger partial charge on any atom is -0.494 e. The van der Waals surface area contributed by atoms with Crippen LogP contribution in [0.1, 0.15) is 53.6 Å². The van der Waals surface area contributed by atoms with E-state index >= 15 is 0 Å². The highest BCUT2D eigenvalue weighted by Gasteiger charge is 2.34. The van der Waals surface area contributed by atoms with Crippen LogP contribution in [0.25, 0.3) is 6.08 Å². The number of hydrogen-bond acceptors (Lipinski definition) is 9. The third-order valence-corrected chi connectivity index (χ3v) is 5.91. The molecule has 0 aromatic heterocycles. The molecule has 0 aliphatic rings. The lowest BCUT2D eigenvalue weighted by Gasteiger charge is -2.18. The molecular formula is C32H33F2N3O6. The van der Waals surface area contributed by atoms with Crippen LogP contribution in [0.15, 0.2) is 72.8 Å². The van der Waals surface area contributed by atoms with Gasteiger partial charge in [-0.1, -0.05) is 12.1 Å². The smallest absolute Gasteiger partial charge is 0.426 e. The lowest BCUT2D eigenvalue weighted by Crippen LogP contribution is -2.21. The normalized spacial score (nSPS) is 11.1. The maximum Gasteiger partial charge on any atom is 0.426 e. The number of nitrogens with two attached hydrogens (primary N) is 2. The van der Waals surface area contributed by atoms with Crippen molar-refractivity contribution >= 4 is 29.4 Å². The van der Waals surface area contributed by atoms with Crippen molar-refractivity contribution in [2.75, 3.05) is 31.3 Å². The number of unbranched alkanes of at least 4 members (excludes halogenated alkanes) is 3. The Hall–Kier alpha value is -5.11. The molecule has 0 fully saturated rings. The predicted octanol–water partition coefficient (Wildman–Crippen LogP) is 6.25. The molecule has 0 heterocycles. The molecule has 0 spiro atoms. The van der Waals surface area contributed by atoms with Gasteiger partial charge in [0.2, 0.25) is 0 Å². The van der Waals surface area contributed by atoms with Crippen LogP contribution in [0.3, 0.4) is 0 Å². The fraction of sp³-hybridized carbons (Fsp3) is 0.281. The van der Waals surface area contributed by atoms with E-state index < -0.39 is 18.0 Å². The maximum atomic E-state index is 14.7. The Kier molecular flexibility index (Phi) is 12.3. The number of ether oxygens (including phenoxy) is 4. The summed E-state index contributed by atoms with van der Waals surface area (Å²) in [7, 11) is 0. The van der Waals surface area contributed by atoms with Crippen LogP contribution >= 0.6 is 0 Å². The van der Waals surface area contributed by atoms with Gasteiger partial charge in [0.05, 0.1) is 37.0 Å². The van der Waals surface area contributed by atoms with Gasteiger partial charge >= 0.3 is 18.0 Å². The van der Waals surface area contributed by atoms with E-state index in [0.29, 0.717) is 61.4 Å². The van der Waals surface area contributed by atoms with E-state index in [4.69, 9.17) is 35.7 Å². The van der Waals surface area contributed by atoms with Crippen molar-refractivity contribution < 1.29 is 37.3 Å². The number of carbonyl (C=O) groups excluding carboxylic acids is 2. The zero-order valence-corrected chi connectivity index (χ0v) is 23.5. The number of nitrogen functional groups attached to an aromatic ring is 2. The molecule has 0 aliphatic heterocycles. The third-order valence-electron chi connectivity index (χ3n) is 5.91. The molecule has 0 saturated heterocycles. The second kappa shape index (κ2) is 16.4. The minimum absolute atomic E-state index is 0.0533. The molecule has 0 radical (unpaired) electrons. The molecule has 226 valence electrons. The van der Waals surface area contributed by atoms with Crippen LogP contribution < -0.4 is 20.9 Å². The minimum atomic E-state index is -3.58. The maximum absolute atomic E-state index is 14.7. The molecule has 0 unspecified atom stereocenters. The van der Waals surface area contributed by atoms with Crippen LogP contribution in [-0.4, -0.2) is 31.8 Å². The van der Waals surface area contributed by atoms with Gasteiger partial charge in [0, 0.05) is 23.9 Å². The number of benzene rings is 3. The monoisotopic (exact) mass is 593 g/mol. The summed E-state index contributed by atoms with van der Waals surface area (Å²) in [5.41, 5.74) is 12.6. The van der Waals surface area contributed by atoms with Gasteiger partial charge in [-0.2, -0.15) is 14.0 Å². The van der Waals surface area contributed by atoms with Gasteiger partial charge < -0.3 is 30.4 Å². The second-order valence-corrected chi connectivity index (χ2v) is 9.41. The Balaban J connectivity index is 1.36. The number of hydrogen-bond donors (Lipinski definition) is 2. The molecule has 3 aromatic rings. The first-order chi connectivity index (χ1) is 20.7. The van der Waals surface area contributed by atoms with E-state index in [1.807, 2.05) is 0 Å². The van der Waals surface area contributed by atoms with Crippen molar-refractivity contribution in [1.82, 2.24) is 0 Å². The summed E-state index contributed by atoms with van der Waals surface area (Å²) >= 11 is 0. The van der Waals surface area contributed by atoms with Crippen molar-refractivity contribution in [3.05, 3.63) is 89.5 Å². The summed E-state index contributed by atoms with van der Waals surface area (Å²) in [4.78, 5) is 24.0. The largest absolute Gasteiger partial charge is 0.494 e. The topological polar surface area (TPSA) is 147 Å². The first kappa shape index (κ1) is 32.4. The third kappa shape index (κ3) is 11.4. The van der Waals surface area contributed by atoms with Gasteiger partial charge in [0.15, 0.2) is 0 Å². The SMILES string of the molecule is N#CCCCCOc1ccc(C(F)(F)Oc2ccc(/C=C/C(=O)OCCCCOC(=O)c3cc(N)cc(N)c3)cc2)cc1. The lowest BCUT2D eigenvalue weighted by atomic mass is 10.2. The fourth-order valence-electron chi connectivity index (χ4n) is 3.73. The molecule has 0 saturated carbocycles. The first-order valence-corrected chi connectivity index (χ1v) is 13.6. The van der Waals surface area contributed by atoms with Crippen molar-refractivity contribution in [1.29, 1.82) is 5.26 Å². The molecular weight excluding hydrogens is 560 g/mol. The summed E-state index contributed by atoms with van der Waals surface area (Å²) in [6.07, 6.45) is 1.96. The fourth-order valence-corrected chi connectivity index (χ4v) is 3.73. The van der Waals surface area contributed by atoms with Crippen molar-refractivity contribution in [2.45, 2.75) is 38.2 Å². The first-order valence-electron chi connectivity index (χ1n) is 13.6. The zero-order valence-electron chi connectivity index (χ0n) is 23.5. The van der Waals surface area contributed by atoms with Gasteiger partial charge in [0.25, 0.3) is 0 Å². The number of anilines is 2. The van der Waals surface area contributed by atoms with Crippen molar-refractivity contribution in [3.63, 3.8) is 0 Å².